The van der Waals surface area contributed by atoms with Crippen molar-refractivity contribution in [1.82, 2.24) is 10.2 Å². The van der Waals surface area contributed by atoms with Gasteiger partial charge in [-0.2, -0.15) is 5.26 Å². The Morgan fingerprint density at radius 2 is 2.03 bits per heavy atom. The van der Waals surface area contributed by atoms with Crippen LogP contribution >= 0.6 is 24.0 Å². The highest BCUT2D eigenvalue weighted by Gasteiger charge is 2.33. The third kappa shape index (κ3) is 5.84. The van der Waals surface area contributed by atoms with E-state index in [0.717, 1.165) is 5.56 Å². The summed E-state index contributed by atoms with van der Waals surface area (Å²) in [6.07, 6.45) is -0.539. The molecule has 2 aromatic carbocycles. The predicted molar refractivity (Wildman–Crippen MR) is 112 cm³/mol. The van der Waals surface area contributed by atoms with E-state index in [1.807, 2.05) is 36.4 Å². The Morgan fingerprint density at radius 1 is 1.28 bits per heavy atom. The lowest BCUT2D eigenvalue weighted by Gasteiger charge is -2.34. The van der Waals surface area contributed by atoms with E-state index in [9.17, 15) is 9.59 Å². The van der Waals surface area contributed by atoms with E-state index < -0.39 is 12.1 Å². The first-order valence-corrected chi connectivity index (χ1v) is 9.15. The number of ether oxygens (including phenoxy) is 1. The van der Waals surface area contributed by atoms with Crippen molar-refractivity contribution in [2.75, 3.05) is 25.0 Å². The zero-order valence-corrected chi connectivity index (χ0v) is 17.0. The number of nitrogens with zero attached hydrogens (tertiary/aromatic N) is 2. The number of benzene rings is 2. The number of amides is 2. The quantitative estimate of drug-likeness (QED) is 0.770. The minimum absolute atomic E-state index is 0. The Hall–Kier alpha value is -2.79. The molecule has 1 atom stereocenters. The van der Waals surface area contributed by atoms with Crippen molar-refractivity contribution in [2.24, 2.45) is 0 Å². The summed E-state index contributed by atoms with van der Waals surface area (Å²) < 4.78 is 5.37. The molecule has 1 aliphatic rings. The smallest absolute Gasteiger partial charge is 0.410 e. The third-order valence-electron chi connectivity index (χ3n) is 4.34. The standard InChI is InChI=1S/C20H19ClN4O3.ClH/c21-17-10-16(7-6-15(17)11-22)24-19(26)18-12-23-8-9-25(18)20(27)28-13-14-4-2-1-3-5-14;/h1-7,10,18,23H,8-9,12-13H2,(H,24,26);1H. The summed E-state index contributed by atoms with van der Waals surface area (Å²) in [4.78, 5) is 26.6. The Kier molecular flexibility index (Phi) is 8.28. The number of carbonyl (C=O) groups is 2. The molecule has 2 aromatic rings. The fourth-order valence-electron chi connectivity index (χ4n) is 2.87. The molecular weight excluding hydrogens is 415 g/mol. The van der Waals surface area contributed by atoms with Gasteiger partial charge < -0.3 is 15.4 Å². The van der Waals surface area contributed by atoms with Gasteiger partial charge in [0.1, 0.15) is 18.7 Å². The number of carbonyl (C=O) groups excluding carboxylic acids is 2. The van der Waals surface area contributed by atoms with E-state index in [1.54, 1.807) is 6.07 Å². The fourth-order valence-corrected chi connectivity index (χ4v) is 3.09. The van der Waals surface area contributed by atoms with Crippen molar-refractivity contribution < 1.29 is 14.3 Å². The summed E-state index contributed by atoms with van der Waals surface area (Å²) in [6, 6.07) is 15.2. The molecule has 1 unspecified atom stereocenters. The summed E-state index contributed by atoms with van der Waals surface area (Å²) >= 11 is 6.01. The Bertz CT molecular complexity index is 902. The topological polar surface area (TPSA) is 94.5 Å². The van der Waals surface area contributed by atoms with Crippen LogP contribution in [0.25, 0.3) is 0 Å². The molecule has 1 aliphatic heterocycles. The summed E-state index contributed by atoms with van der Waals surface area (Å²) in [6.45, 7) is 1.40. The first-order valence-electron chi connectivity index (χ1n) is 8.77. The van der Waals surface area contributed by atoms with Gasteiger partial charge >= 0.3 is 6.09 Å². The number of nitrogens with one attached hydrogen (secondary N) is 2. The Morgan fingerprint density at radius 3 is 2.72 bits per heavy atom. The third-order valence-corrected chi connectivity index (χ3v) is 4.66. The van der Waals surface area contributed by atoms with Gasteiger partial charge in [-0.15, -0.1) is 12.4 Å². The number of hydrogen-bond donors (Lipinski definition) is 2. The molecule has 152 valence electrons. The lowest BCUT2D eigenvalue weighted by molar-refractivity contribution is -0.121. The van der Waals surface area contributed by atoms with Crippen LogP contribution in [0.1, 0.15) is 11.1 Å². The van der Waals surface area contributed by atoms with Crippen LogP contribution in [0.3, 0.4) is 0 Å². The number of rotatable bonds is 4. The van der Waals surface area contributed by atoms with Crippen LogP contribution in [0.5, 0.6) is 0 Å². The van der Waals surface area contributed by atoms with E-state index in [2.05, 4.69) is 10.6 Å². The average molecular weight is 435 g/mol. The van der Waals surface area contributed by atoms with Crippen LogP contribution in [0, 0.1) is 11.3 Å². The predicted octanol–water partition coefficient (Wildman–Crippen LogP) is 3.18. The number of halogens is 2. The van der Waals surface area contributed by atoms with E-state index in [1.165, 1.54) is 17.0 Å². The highest BCUT2D eigenvalue weighted by atomic mass is 35.5. The molecule has 9 heteroatoms. The van der Waals surface area contributed by atoms with Crippen molar-refractivity contribution >= 4 is 41.7 Å². The van der Waals surface area contributed by atoms with Crippen molar-refractivity contribution in [2.45, 2.75) is 12.6 Å². The average Bonchev–Trinajstić information content (AvgIpc) is 2.73. The Labute approximate surface area is 180 Å². The Balaban J connectivity index is 0.00000300. The zero-order valence-electron chi connectivity index (χ0n) is 15.4. The number of nitriles is 1. The highest BCUT2D eigenvalue weighted by molar-refractivity contribution is 6.32. The molecule has 1 saturated heterocycles. The van der Waals surface area contributed by atoms with Crippen LogP contribution in [-0.2, 0) is 16.1 Å². The minimum atomic E-state index is -0.716. The molecule has 0 bridgehead atoms. The SMILES string of the molecule is Cl.N#Cc1ccc(NC(=O)C2CNCCN2C(=O)OCc2ccccc2)cc1Cl. The molecule has 2 N–H and O–H groups in total. The van der Waals surface area contributed by atoms with Crippen LogP contribution in [0.15, 0.2) is 48.5 Å². The van der Waals surface area contributed by atoms with E-state index in [0.29, 0.717) is 30.9 Å². The second-order valence-corrected chi connectivity index (χ2v) is 6.66. The second kappa shape index (κ2) is 10.7. The van der Waals surface area contributed by atoms with Gasteiger partial charge in [-0.3, -0.25) is 9.69 Å². The van der Waals surface area contributed by atoms with Crippen LogP contribution in [0.2, 0.25) is 5.02 Å². The van der Waals surface area contributed by atoms with Gasteiger partial charge in [0.15, 0.2) is 0 Å². The molecule has 1 fully saturated rings. The lowest BCUT2D eigenvalue weighted by atomic mass is 10.1. The first kappa shape index (κ1) is 22.5. The van der Waals surface area contributed by atoms with Crippen LogP contribution in [0.4, 0.5) is 10.5 Å². The van der Waals surface area contributed by atoms with Crippen LogP contribution < -0.4 is 10.6 Å². The van der Waals surface area contributed by atoms with Gasteiger partial charge in [0.2, 0.25) is 5.91 Å². The van der Waals surface area contributed by atoms with Gasteiger partial charge in [0.05, 0.1) is 10.6 Å². The van der Waals surface area contributed by atoms with Gasteiger partial charge in [0.25, 0.3) is 0 Å². The molecule has 3 rings (SSSR count). The normalized spacial score (nSPS) is 15.6. The van der Waals surface area contributed by atoms with Crippen molar-refractivity contribution in [3.05, 3.63) is 64.7 Å². The maximum atomic E-state index is 12.7. The fraction of sp³-hybridized carbons (Fsp3) is 0.250. The summed E-state index contributed by atoms with van der Waals surface area (Å²) in [5.74, 6) is -0.357. The maximum absolute atomic E-state index is 12.7. The van der Waals surface area contributed by atoms with Gasteiger partial charge in [-0.1, -0.05) is 41.9 Å². The number of anilines is 1. The zero-order chi connectivity index (χ0) is 19.9. The molecule has 0 saturated carbocycles. The molecule has 2 amide bonds. The number of hydrogen-bond acceptors (Lipinski definition) is 5. The maximum Gasteiger partial charge on any atom is 0.410 e. The molecule has 7 nitrogen and oxygen atoms in total. The number of piperazine rings is 1. The minimum Gasteiger partial charge on any atom is -0.445 e. The molecule has 0 spiro atoms. The van der Waals surface area contributed by atoms with E-state index >= 15 is 0 Å². The summed E-state index contributed by atoms with van der Waals surface area (Å²) in [7, 11) is 0. The second-order valence-electron chi connectivity index (χ2n) is 6.25. The van der Waals surface area contributed by atoms with Gasteiger partial charge in [-0.05, 0) is 23.8 Å². The molecule has 29 heavy (non-hydrogen) atoms. The molecule has 0 aromatic heterocycles. The van der Waals surface area contributed by atoms with Gasteiger partial charge in [0, 0.05) is 25.3 Å². The van der Waals surface area contributed by atoms with E-state index in [4.69, 9.17) is 21.6 Å². The largest absolute Gasteiger partial charge is 0.445 e. The molecule has 1 heterocycles. The molecule has 0 aliphatic carbocycles. The van der Waals surface area contributed by atoms with Crippen molar-refractivity contribution in [1.29, 1.82) is 5.26 Å². The monoisotopic (exact) mass is 434 g/mol. The lowest BCUT2D eigenvalue weighted by Crippen LogP contribution is -2.58. The molecular formula is C20H20Cl2N4O3. The van der Waals surface area contributed by atoms with Crippen molar-refractivity contribution in [3.8, 4) is 6.07 Å². The van der Waals surface area contributed by atoms with E-state index in [-0.39, 0.29) is 29.9 Å². The first-order chi connectivity index (χ1) is 13.6. The summed E-state index contributed by atoms with van der Waals surface area (Å²) in [5, 5.41) is 15.0. The van der Waals surface area contributed by atoms with Gasteiger partial charge in [-0.25, -0.2) is 4.79 Å². The summed E-state index contributed by atoms with van der Waals surface area (Å²) in [5.41, 5.74) is 1.65. The van der Waals surface area contributed by atoms with Crippen molar-refractivity contribution in [3.63, 3.8) is 0 Å². The molecule has 0 radical (unpaired) electrons. The van der Waals surface area contributed by atoms with Crippen LogP contribution in [-0.4, -0.2) is 42.6 Å². The highest BCUT2D eigenvalue weighted by Crippen LogP contribution is 2.21.